The summed E-state index contributed by atoms with van der Waals surface area (Å²) in [5.41, 5.74) is 5.36. The summed E-state index contributed by atoms with van der Waals surface area (Å²) in [6, 6.07) is 0.307. The number of amides is 1. The Morgan fingerprint density at radius 3 is 2.55 bits per heavy atom. The minimum absolute atomic E-state index is 0.0939. The van der Waals surface area contributed by atoms with Crippen LogP contribution in [0.25, 0.3) is 0 Å². The molecule has 0 aromatic carbocycles. The van der Waals surface area contributed by atoms with E-state index in [2.05, 4.69) is 11.6 Å². The Hall–Kier alpha value is -0.290. The Kier molecular flexibility index (Phi) is 5.73. The van der Waals surface area contributed by atoms with Crippen molar-refractivity contribution < 1.29 is 4.79 Å². The quantitative estimate of drug-likeness (QED) is 0.783. The van der Waals surface area contributed by atoms with Crippen LogP contribution in [0.15, 0.2) is 0 Å². The molecule has 1 amide bonds. The van der Waals surface area contributed by atoms with Crippen molar-refractivity contribution in [3.63, 3.8) is 0 Å². The van der Waals surface area contributed by atoms with Gasteiger partial charge in [-0.2, -0.15) is 11.8 Å². The largest absolute Gasteiger partial charge is 0.392 e. The Morgan fingerprint density at radius 2 is 1.95 bits per heavy atom. The zero-order valence-corrected chi connectivity index (χ0v) is 14.0. The van der Waals surface area contributed by atoms with Crippen LogP contribution in [0.4, 0.5) is 0 Å². The average Bonchev–Trinajstić information content (AvgIpc) is 2.48. The van der Waals surface area contributed by atoms with Crippen LogP contribution in [0.1, 0.15) is 57.8 Å². The fraction of sp³-hybridized carbons (Fsp3) is 0.867. The first-order chi connectivity index (χ1) is 9.58. The Bertz CT molecular complexity index is 367. The van der Waals surface area contributed by atoms with Gasteiger partial charge in [0.2, 0.25) is 5.91 Å². The fourth-order valence-corrected chi connectivity index (χ4v) is 4.68. The van der Waals surface area contributed by atoms with Gasteiger partial charge in [0.25, 0.3) is 0 Å². The summed E-state index contributed by atoms with van der Waals surface area (Å²) in [5, 5.41) is 3.94. The van der Waals surface area contributed by atoms with Crippen LogP contribution >= 0.6 is 24.0 Å². The maximum absolute atomic E-state index is 12.7. The molecule has 0 aromatic heterocycles. The number of nitrogens with two attached hydrogens (primary N) is 1. The van der Waals surface area contributed by atoms with Gasteiger partial charge < -0.3 is 11.1 Å². The lowest BCUT2D eigenvalue weighted by atomic mass is 9.73. The summed E-state index contributed by atoms with van der Waals surface area (Å²) in [6.45, 7) is 0. The van der Waals surface area contributed by atoms with Crippen LogP contribution < -0.4 is 11.1 Å². The zero-order chi connectivity index (χ0) is 14.6. The second-order valence-corrected chi connectivity index (χ2v) is 7.78. The van der Waals surface area contributed by atoms with Crippen LogP contribution in [-0.4, -0.2) is 28.4 Å². The van der Waals surface area contributed by atoms with E-state index in [-0.39, 0.29) is 5.91 Å². The first kappa shape index (κ1) is 16.1. The van der Waals surface area contributed by atoms with Crippen LogP contribution in [0.3, 0.4) is 0 Å². The Morgan fingerprint density at radius 1 is 1.25 bits per heavy atom. The van der Waals surface area contributed by atoms with Gasteiger partial charge in [-0.05, 0) is 38.4 Å². The number of carbonyl (C=O) groups excluding carboxylic acids is 1. The number of thioether (sulfide) groups is 1. The van der Waals surface area contributed by atoms with E-state index in [1.54, 1.807) is 0 Å². The molecular formula is C15H26N2OS2. The van der Waals surface area contributed by atoms with Crippen molar-refractivity contribution in [2.45, 2.75) is 69.1 Å². The van der Waals surface area contributed by atoms with E-state index in [4.69, 9.17) is 18.0 Å². The molecule has 20 heavy (non-hydrogen) atoms. The van der Waals surface area contributed by atoms with E-state index in [1.807, 2.05) is 11.8 Å². The van der Waals surface area contributed by atoms with Crippen molar-refractivity contribution in [3.8, 4) is 0 Å². The van der Waals surface area contributed by atoms with Crippen molar-refractivity contribution in [2.24, 2.45) is 11.1 Å². The van der Waals surface area contributed by atoms with Crippen LogP contribution in [0.5, 0.6) is 0 Å². The minimum atomic E-state index is -0.570. The van der Waals surface area contributed by atoms with Gasteiger partial charge in [-0.25, -0.2) is 0 Å². The van der Waals surface area contributed by atoms with Crippen LogP contribution in [0.2, 0.25) is 0 Å². The second kappa shape index (κ2) is 7.12. The molecule has 0 heterocycles. The van der Waals surface area contributed by atoms with E-state index in [0.717, 1.165) is 38.5 Å². The third kappa shape index (κ3) is 3.48. The van der Waals surface area contributed by atoms with Crippen molar-refractivity contribution in [1.29, 1.82) is 0 Å². The Balaban J connectivity index is 1.99. The maximum Gasteiger partial charge on any atom is 0.233 e. The molecule has 2 aliphatic carbocycles. The highest BCUT2D eigenvalue weighted by Crippen LogP contribution is 2.37. The minimum Gasteiger partial charge on any atom is -0.392 e. The molecular weight excluding hydrogens is 288 g/mol. The zero-order valence-electron chi connectivity index (χ0n) is 12.3. The van der Waals surface area contributed by atoms with Crippen molar-refractivity contribution in [1.82, 2.24) is 5.32 Å². The smallest absolute Gasteiger partial charge is 0.233 e. The summed E-state index contributed by atoms with van der Waals surface area (Å²) in [6.07, 6.45) is 11.8. The van der Waals surface area contributed by atoms with Crippen molar-refractivity contribution >= 4 is 34.9 Å². The van der Waals surface area contributed by atoms with Gasteiger partial charge in [0.05, 0.1) is 10.4 Å². The van der Waals surface area contributed by atoms with Gasteiger partial charge >= 0.3 is 0 Å². The molecule has 0 aliphatic heterocycles. The lowest BCUT2D eigenvalue weighted by Crippen LogP contribution is -2.53. The molecule has 0 spiro atoms. The molecule has 2 atom stereocenters. The first-order valence-corrected chi connectivity index (χ1v) is 9.42. The summed E-state index contributed by atoms with van der Waals surface area (Å²) >= 11 is 7.15. The number of hydrogen-bond donors (Lipinski definition) is 2. The highest BCUT2D eigenvalue weighted by Gasteiger charge is 2.43. The van der Waals surface area contributed by atoms with E-state index >= 15 is 0 Å². The van der Waals surface area contributed by atoms with Crippen molar-refractivity contribution in [3.05, 3.63) is 0 Å². The molecule has 5 heteroatoms. The molecule has 0 aromatic rings. The van der Waals surface area contributed by atoms with E-state index in [1.165, 1.54) is 19.3 Å². The number of carbonyl (C=O) groups is 1. The molecule has 2 rings (SSSR count). The van der Waals surface area contributed by atoms with Gasteiger partial charge in [-0.3, -0.25) is 4.79 Å². The average molecular weight is 315 g/mol. The highest BCUT2D eigenvalue weighted by atomic mass is 32.2. The summed E-state index contributed by atoms with van der Waals surface area (Å²) in [4.78, 5) is 13.1. The molecule has 2 aliphatic rings. The number of nitrogens with one attached hydrogen (secondary N) is 1. The lowest BCUT2D eigenvalue weighted by molar-refractivity contribution is -0.129. The number of rotatable bonds is 4. The molecule has 3 N–H and O–H groups in total. The molecule has 3 nitrogen and oxygen atoms in total. The second-order valence-electron chi connectivity index (χ2n) is 6.20. The normalized spacial score (nSPS) is 29.6. The molecule has 0 radical (unpaired) electrons. The maximum atomic E-state index is 12.7. The third-order valence-electron chi connectivity index (χ3n) is 4.91. The monoisotopic (exact) mass is 314 g/mol. The van der Waals surface area contributed by atoms with Gasteiger partial charge in [-0.15, -0.1) is 0 Å². The van der Waals surface area contributed by atoms with Gasteiger partial charge in [0.1, 0.15) is 0 Å². The fourth-order valence-electron chi connectivity index (χ4n) is 3.55. The lowest BCUT2D eigenvalue weighted by Gasteiger charge is -2.37. The van der Waals surface area contributed by atoms with E-state index in [0.29, 0.717) is 16.3 Å². The standard InChI is InChI=1S/C15H26N2OS2/c1-20-12-7-5-6-11(10-12)17-14(18)15(13(16)19)8-3-2-4-9-15/h11-12H,2-10H2,1H3,(H2,16,19)(H,17,18). The number of thiocarbonyl (C=S) groups is 1. The first-order valence-electron chi connectivity index (χ1n) is 7.72. The van der Waals surface area contributed by atoms with Gasteiger partial charge in [0.15, 0.2) is 0 Å². The van der Waals surface area contributed by atoms with Gasteiger partial charge in [0, 0.05) is 11.3 Å². The predicted octanol–water partition coefficient (Wildman–Crippen LogP) is 3.01. The highest BCUT2D eigenvalue weighted by molar-refractivity contribution is 7.99. The SMILES string of the molecule is CSC1CCCC(NC(=O)C2(C(N)=S)CCCCC2)C1. The van der Waals surface area contributed by atoms with Gasteiger partial charge in [-0.1, -0.05) is 37.9 Å². The van der Waals surface area contributed by atoms with Crippen molar-refractivity contribution in [2.75, 3.05) is 6.26 Å². The van der Waals surface area contributed by atoms with E-state index in [9.17, 15) is 4.79 Å². The summed E-state index contributed by atoms with van der Waals surface area (Å²) in [5.74, 6) is 0.0939. The van der Waals surface area contributed by atoms with E-state index < -0.39 is 5.41 Å². The third-order valence-corrected chi connectivity index (χ3v) is 6.39. The van der Waals surface area contributed by atoms with Crippen LogP contribution in [-0.2, 0) is 4.79 Å². The van der Waals surface area contributed by atoms with Crippen LogP contribution in [0, 0.1) is 5.41 Å². The molecule has 2 unspecified atom stereocenters. The molecule has 0 bridgehead atoms. The predicted molar refractivity (Wildman–Crippen MR) is 90.0 cm³/mol. The topological polar surface area (TPSA) is 55.1 Å². The molecule has 2 fully saturated rings. The molecule has 2 saturated carbocycles. The summed E-state index contributed by atoms with van der Waals surface area (Å²) < 4.78 is 0. The molecule has 0 saturated heterocycles. The Labute approximate surface area is 131 Å². The summed E-state index contributed by atoms with van der Waals surface area (Å²) in [7, 11) is 0. The molecule has 114 valence electrons. The number of hydrogen-bond acceptors (Lipinski definition) is 3.